The van der Waals surface area contributed by atoms with Gasteiger partial charge in [-0.25, -0.2) is 0 Å². The zero-order valence-corrected chi connectivity index (χ0v) is 11.7. The second-order valence-corrected chi connectivity index (χ2v) is 5.17. The van der Waals surface area contributed by atoms with Gasteiger partial charge in [-0.05, 0) is 50.6 Å². The molecule has 0 aromatic heterocycles. The molecule has 1 heterocycles. The highest BCUT2D eigenvalue weighted by atomic mass is 16.5. The lowest BCUT2D eigenvalue weighted by Gasteiger charge is -2.20. The van der Waals surface area contributed by atoms with Gasteiger partial charge in [-0.3, -0.25) is 0 Å². The summed E-state index contributed by atoms with van der Waals surface area (Å²) in [5.74, 6) is 0.885. The van der Waals surface area contributed by atoms with Gasteiger partial charge in [-0.1, -0.05) is 0 Å². The average Bonchev–Trinajstić information content (AvgIpc) is 2.89. The lowest BCUT2D eigenvalue weighted by atomic mass is 10.2. The summed E-state index contributed by atoms with van der Waals surface area (Å²) in [5.41, 5.74) is 6.39. The number of anilines is 1. The quantitative estimate of drug-likeness (QED) is 0.605. The first-order chi connectivity index (χ1) is 9.24. The summed E-state index contributed by atoms with van der Waals surface area (Å²) >= 11 is 0. The van der Waals surface area contributed by atoms with Gasteiger partial charge in [0, 0.05) is 25.4 Å². The summed E-state index contributed by atoms with van der Waals surface area (Å²) < 4.78 is 11.3. The Kier molecular flexibility index (Phi) is 5.48. The molecule has 4 nitrogen and oxygen atoms in total. The number of hydrogen-bond donors (Lipinski definition) is 1. The molecule has 0 bridgehead atoms. The number of nitrogen functional groups attached to an aromatic ring is 1. The standard InChI is InChI=1S/C15H24N2O2/c1-17(12-15-4-2-10-19-15)9-3-11-18-14-7-5-13(16)6-8-14/h5-8,15H,2-4,9-12,16H2,1H3. The molecule has 1 unspecified atom stereocenters. The second kappa shape index (κ2) is 7.36. The predicted molar refractivity (Wildman–Crippen MR) is 77.4 cm³/mol. The van der Waals surface area contributed by atoms with Crippen LogP contribution in [0.1, 0.15) is 19.3 Å². The van der Waals surface area contributed by atoms with E-state index in [0.29, 0.717) is 6.10 Å². The van der Waals surface area contributed by atoms with Crippen LogP contribution in [-0.4, -0.2) is 44.4 Å². The SMILES string of the molecule is CN(CCCOc1ccc(N)cc1)CC1CCCO1. The molecule has 0 amide bonds. The summed E-state index contributed by atoms with van der Waals surface area (Å²) in [6.45, 7) is 3.73. The Labute approximate surface area is 115 Å². The van der Waals surface area contributed by atoms with Gasteiger partial charge in [-0.2, -0.15) is 0 Å². The molecule has 1 aliphatic rings. The maximum absolute atomic E-state index is 5.67. The van der Waals surface area contributed by atoms with Gasteiger partial charge in [-0.15, -0.1) is 0 Å². The van der Waals surface area contributed by atoms with E-state index in [1.54, 1.807) is 0 Å². The van der Waals surface area contributed by atoms with Crippen molar-refractivity contribution in [2.24, 2.45) is 0 Å². The van der Waals surface area contributed by atoms with Gasteiger partial charge in [0.05, 0.1) is 12.7 Å². The number of likely N-dealkylation sites (N-methyl/N-ethyl adjacent to an activating group) is 1. The third-order valence-electron chi connectivity index (χ3n) is 3.37. The average molecular weight is 264 g/mol. The molecule has 106 valence electrons. The monoisotopic (exact) mass is 264 g/mol. The van der Waals surface area contributed by atoms with E-state index in [-0.39, 0.29) is 0 Å². The Morgan fingerprint density at radius 2 is 2.16 bits per heavy atom. The van der Waals surface area contributed by atoms with Gasteiger partial charge < -0.3 is 20.1 Å². The normalized spacial score (nSPS) is 18.9. The van der Waals surface area contributed by atoms with Crippen molar-refractivity contribution >= 4 is 5.69 Å². The van der Waals surface area contributed by atoms with Crippen LogP contribution in [0.15, 0.2) is 24.3 Å². The van der Waals surface area contributed by atoms with Crippen LogP contribution in [0, 0.1) is 0 Å². The Bertz CT molecular complexity index is 361. The topological polar surface area (TPSA) is 47.7 Å². The highest BCUT2D eigenvalue weighted by Crippen LogP contribution is 2.14. The fraction of sp³-hybridized carbons (Fsp3) is 0.600. The van der Waals surface area contributed by atoms with Crippen LogP contribution in [0.4, 0.5) is 5.69 Å². The van der Waals surface area contributed by atoms with E-state index in [2.05, 4.69) is 11.9 Å². The van der Waals surface area contributed by atoms with Gasteiger partial charge in [0.25, 0.3) is 0 Å². The third kappa shape index (κ3) is 5.09. The summed E-state index contributed by atoms with van der Waals surface area (Å²) in [5, 5.41) is 0. The number of hydrogen-bond acceptors (Lipinski definition) is 4. The largest absolute Gasteiger partial charge is 0.494 e. The molecule has 1 aromatic rings. The first kappa shape index (κ1) is 14.2. The lowest BCUT2D eigenvalue weighted by molar-refractivity contribution is 0.0797. The van der Waals surface area contributed by atoms with Crippen molar-refractivity contribution in [1.82, 2.24) is 4.90 Å². The molecule has 1 aromatic carbocycles. The molecule has 0 radical (unpaired) electrons. The van der Waals surface area contributed by atoms with Crippen LogP contribution < -0.4 is 10.5 Å². The minimum atomic E-state index is 0.433. The Balaban J connectivity index is 1.57. The highest BCUT2D eigenvalue weighted by molar-refractivity contribution is 5.41. The molecule has 1 saturated heterocycles. The molecule has 0 spiro atoms. The molecule has 1 fully saturated rings. The van der Waals surface area contributed by atoms with Crippen LogP contribution in [-0.2, 0) is 4.74 Å². The Morgan fingerprint density at radius 1 is 1.37 bits per heavy atom. The smallest absolute Gasteiger partial charge is 0.119 e. The predicted octanol–water partition coefficient (Wildman–Crippen LogP) is 2.15. The molecular weight excluding hydrogens is 240 g/mol. The van der Waals surface area contributed by atoms with Crippen LogP contribution in [0.2, 0.25) is 0 Å². The van der Waals surface area contributed by atoms with Crippen molar-refractivity contribution < 1.29 is 9.47 Å². The van der Waals surface area contributed by atoms with Crippen molar-refractivity contribution in [2.45, 2.75) is 25.4 Å². The molecule has 2 N–H and O–H groups in total. The molecule has 1 atom stereocenters. The van der Waals surface area contributed by atoms with Crippen molar-refractivity contribution in [3.05, 3.63) is 24.3 Å². The van der Waals surface area contributed by atoms with Crippen LogP contribution in [0.5, 0.6) is 5.75 Å². The fourth-order valence-corrected chi connectivity index (χ4v) is 2.32. The number of nitrogens with zero attached hydrogens (tertiary/aromatic N) is 1. The summed E-state index contributed by atoms with van der Waals surface area (Å²) in [6, 6.07) is 7.54. The van der Waals surface area contributed by atoms with Crippen molar-refractivity contribution in [1.29, 1.82) is 0 Å². The van der Waals surface area contributed by atoms with E-state index >= 15 is 0 Å². The van der Waals surface area contributed by atoms with Crippen molar-refractivity contribution in [3.8, 4) is 5.75 Å². The van der Waals surface area contributed by atoms with E-state index in [1.165, 1.54) is 12.8 Å². The third-order valence-corrected chi connectivity index (χ3v) is 3.37. The van der Waals surface area contributed by atoms with E-state index in [4.69, 9.17) is 15.2 Å². The fourth-order valence-electron chi connectivity index (χ4n) is 2.32. The molecule has 0 saturated carbocycles. The molecule has 0 aliphatic carbocycles. The van der Waals surface area contributed by atoms with Gasteiger partial charge in [0.15, 0.2) is 0 Å². The molecular formula is C15H24N2O2. The van der Waals surface area contributed by atoms with Gasteiger partial charge in [0.2, 0.25) is 0 Å². The van der Waals surface area contributed by atoms with Crippen molar-refractivity contribution in [3.63, 3.8) is 0 Å². The molecule has 19 heavy (non-hydrogen) atoms. The first-order valence-corrected chi connectivity index (χ1v) is 7.02. The Morgan fingerprint density at radius 3 is 2.84 bits per heavy atom. The summed E-state index contributed by atoms with van der Waals surface area (Å²) in [6.07, 6.45) is 3.86. The molecule has 2 rings (SSSR count). The van der Waals surface area contributed by atoms with Gasteiger partial charge in [0.1, 0.15) is 5.75 Å². The minimum Gasteiger partial charge on any atom is -0.494 e. The first-order valence-electron chi connectivity index (χ1n) is 7.02. The lowest BCUT2D eigenvalue weighted by Crippen LogP contribution is -2.30. The van der Waals surface area contributed by atoms with E-state index in [0.717, 1.165) is 44.2 Å². The minimum absolute atomic E-state index is 0.433. The maximum atomic E-state index is 5.67. The van der Waals surface area contributed by atoms with E-state index in [9.17, 15) is 0 Å². The molecule has 4 heteroatoms. The molecule has 1 aliphatic heterocycles. The van der Waals surface area contributed by atoms with Crippen LogP contribution in [0.3, 0.4) is 0 Å². The number of rotatable bonds is 7. The van der Waals surface area contributed by atoms with Gasteiger partial charge >= 0.3 is 0 Å². The van der Waals surface area contributed by atoms with Crippen molar-refractivity contribution in [2.75, 3.05) is 39.1 Å². The van der Waals surface area contributed by atoms with E-state index in [1.807, 2.05) is 24.3 Å². The summed E-state index contributed by atoms with van der Waals surface area (Å²) in [4.78, 5) is 2.32. The van der Waals surface area contributed by atoms with E-state index < -0.39 is 0 Å². The number of benzene rings is 1. The zero-order chi connectivity index (χ0) is 13.5. The second-order valence-electron chi connectivity index (χ2n) is 5.17. The van der Waals surface area contributed by atoms with Crippen LogP contribution in [0.25, 0.3) is 0 Å². The maximum Gasteiger partial charge on any atom is 0.119 e. The highest BCUT2D eigenvalue weighted by Gasteiger charge is 2.16. The Hall–Kier alpha value is -1.26. The number of nitrogens with two attached hydrogens (primary N) is 1. The van der Waals surface area contributed by atoms with Crippen LogP contribution >= 0.6 is 0 Å². The zero-order valence-electron chi connectivity index (χ0n) is 11.7. The summed E-state index contributed by atoms with van der Waals surface area (Å²) in [7, 11) is 2.14. The number of ether oxygens (including phenoxy) is 2.